The Morgan fingerprint density at radius 3 is 2.19 bits per heavy atom. The van der Waals surface area contributed by atoms with Crippen molar-refractivity contribution >= 4 is 21.8 Å². The van der Waals surface area contributed by atoms with Crippen molar-refractivity contribution in [3.8, 4) is 34.1 Å². The van der Waals surface area contributed by atoms with Crippen LogP contribution in [0.2, 0.25) is 0 Å². The van der Waals surface area contributed by atoms with Gasteiger partial charge in [0, 0.05) is 34.5 Å². The van der Waals surface area contributed by atoms with Crippen molar-refractivity contribution in [1.29, 1.82) is 0 Å². The summed E-state index contributed by atoms with van der Waals surface area (Å²) in [6.45, 7) is 22.3. The first-order valence-electron chi connectivity index (χ1n) is 19.2. The maximum absolute atomic E-state index is 6.77. The molecule has 4 aromatic carbocycles. The zero-order valence-corrected chi connectivity index (χ0v) is 35.0. The van der Waals surface area contributed by atoms with Gasteiger partial charge in [-0.3, -0.25) is 4.68 Å². The molecule has 0 bridgehead atoms. The minimum Gasteiger partial charge on any atom is -0.509 e. The number of fused-ring (bicyclic) bond motifs is 3. The van der Waals surface area contributed by atoms with E-state index in [0.717, 1.165) is 70.3 Å². The number of aryl methyl sites for hydroxylation is 4. The van der Waals surface area contributed by atoms with Gasteiger partial charge in [0.2, 0.25) is 0 Å². The van der Waals surface area contributed by atoms with E-state index in [1.54, 1.807) is 0 Å². The molecule has 0 aliphatic heterocycles. The van der Waals surface area contributed by atoms with Gasteiger partial charge in [-0.05, 0) is 96.5 Å². The molecule has 0 unspecified atom stereocenters. The number of hydrogen-bond donors (Lipinski definition) is 0. The molecule has 5 nitrogen and oxygen atoms in total. The average molecular weight is 807 g/mol. The van der Waals surface area contributed by atoms with E-state index in [2.05, 4.69) is 157 Å². The molecule has 6 heteroatoms. The van der Waals surface area contributed by atoms with Crippen molar-refractivity contribution < 1.29 is 25.2 Å². The summed E-state index contributed by atoms with van der Waals surface area (Å²) in [5, 5.41) is 7.65. The van der Waals surface area contributed by atoms with E-state index in [1.807, 2.05) is 12.3 Å². The maximum Gasteiger partial charge on any atom is 2.00 e. The zero-order valence-electron chi connectivity index (χ0n) is 33.4. The Morgan fingerprint density at radius 2 is 1.50 bits per heavy atom. The predicted octanol–water partition coefficient (Wildman–Crippen LogP) is 12.7. The minimum absolute atomic E-state index is 0. The fourth-order valence-electron chi connectivity index (χ4n) is 7.78. The summed E-state index contributed by atoms with van der Waals surface area (Å²) in [5.74, 6) is 2.53. The monoisotopic (exact) mass is 806 g/mol. The van der Waals surface area contributed by atoms with Crippen LogP contribution in [-0.4, -0.2) is 19.3 Å². The minimum atomic E-state index is -0.133. The summed E-state index contributed by atoms with van der Waals surface area (Å²) in [4.78, 5) is 4.83. The molecule has 0 fully saturated rings. The summed E-state index contributed by atoms with van der Waals surface area (Å²) in [6.07, 6.45) is 5.75. The number of rotatable bonds is 10. The van der Waals surface area contributed by atoms with Gasteiger partial charge in [0.05, 0.1) is 5.69 Å². The summed E-state index contributed by atoms with van der Waals surface area (Å²) < 4.78 is 11.1. The Balaban J connectivity index is 0.00000497. The van der Waals surface area contributed by atoms with Crippen LogP contribution in [0.25, 0.3) is 44.4 Å². The van der Waals surface area contributed by atoms with Crippen molar-refractivity contribution in [2.45, 2.75) is 106 Å². The zero-order chi connectivity index (χ0) is 37.6. The number of hydrogen-bond acceptors (Lipinski definition) is 3. The quantitative estimate of drug-likeness (QED) is 0.102. The number of nitrogens with zero attached hydrogens (tertiary/aromatic N) is 4. The summed E-state index contributed by atoms with van der Waals surface area (Å²) >= 11 is 0. The molecule has 0 aliphatic rings. The van der Waals surface area contributed by atoms with Gasteiger partial charge in [-0.2, -0.15) is 11.2 Å². The van der Waals surface area contributed by atoms with Crippen molar-refractivity contribution in [2.75, 3.05) is 0 Å². The van der Waals surface area contributed by atoms with Gasteiger partial charge in [-0.1, -0.05) is 103 Å². The first-order valence-corrected chi connectivity index (χ1v) is 19.2. The van der Waals surface area contributed by atoms with E-state index in [0.29, 0.717) is 17.4 Å². The smallest absolute Gasteiger partial charge is 0.509 e. The van der Waals surface area contributed by atoms with Gasteiger partial charge in [0.1, 0.15) is 5.82 Å². The van der Waals surface area contributed by atoms with Crippen LogP contribution >= 0.6 is 0 Å². The largest absolute Gasteiger partial charge is 2.00 e. The Labute approximate surface area is 335 Å². The summed E-state index contributed by atoms with van der Waals surface area (Å²) in [6, 6.07) is 33.2. The van der Waals surface area contributed by atoms with Crippen LogP contribution in [-0.2, 0) is 38.7 Å². The predicted molar refractivity (Wildman–Crippen MR) is 220 cm³/mol. The van der Waals surface area contributed by atoms with Crippen LogP contribution < -0.4 is 4.74 Å². The van der Waals surface area contributed by atoms with E-state index < -0.39 is 0 Å². The first-order chi connectivity index (χ1) is 25.4. The topological polar surface area (TPSA) is 44.9 Å². The number of aromatic nitrogens is 4. The van der Waals surface area contributed by atoms with Crippen LogP contribution in [0.3, 0.4) is 0 Å². The second-order valence-corrected chi connectivity index (χ2v) is 16.0. The SMILES string of the molecule is CCCc1nn(-c2[c-]c(Oc3[c-]c4c(cc3)c3ccccc3n4-c3cc(C(C)C)ccn3)cc(C(C)(C)C)c2)c(CCC)c1-c1c(C)cc(C)cc1C.[Pd+2]. The second kappa shape index (κ2) is 15.7. The second-order valence-electron chi connectivity index (χ2n) is 16.0. The molecule has 280 valence electrons. The van der Waals surface area contributed by atoms with Gasteiger partial charge in [0.15, 0.2) is 0 Å². The molecule has 0 atom stereocenters. The molecule has 0 amide bonds. The van der Waals surface area contributed by atoms with Crippen molar-refractivity contribution in [3.05, 3.63) is 130 Å². The number of ether oxygens (including phenoxy) is 1. The van der Waals surface area contributed by atoms with Gasteiger partial charge in [-0.15, -0.1) is 41.3 Å². The third kappa shape index (κ3) is 7.44. The Kier molecular flexibility index (Phi) is 11.4. The van der Waals surface area contributed by atoms with Crippen molar-refractivity contribution in [2.24, 2.45) is 0 Å². The molecule has 0 radical (unpaired) electrons. The fourth-order valence-corrected chi connectivity index (χ4v) is 7.78. The van der Waals surface area contributed by atoms with Crippen molar-refractivity contribution in [1.82, 2.24) is 19.3 Å². The van der Waals surface area contributed by atoms with Crippen LogP contribution in [0.15, 0.2) is 79.0 Å². The number of benzene rings is 4. The van der Waals surface area contributed by atoms with Gasteiger partial charge in [-0.25, -0.2) is 4.98 Å². The Morgan fingerprint density at radius 1 is 0.778 bits per heavy atom. The maximum atomic E-state index is 6.77. The normalized spacial score (nSPS) is 11.8. The third-order valence-corrected chi connectivity index (χ3v) is 10.3. The van der Waals surface area contributed by atoms with E-state index in [9.17, 15) is 0 Å². The average Bonchev–Trinajstić information content (AvgIpc) is 3.62. The Bertz CT molecular complexity index is 2440. The molecule has 7 aromatic rings. The number of pyridine rings is 1. The van der Waals surface area contributed by atoms with E-state index in [-0.39, 0.29) is 25.8 Å². The van der Waals surface area contributed by atoms with Crippen molar-refractivity contribution in [3.63, 3.8) is 0 Å². The van der Waals surface area contributed by atoms with E-state index >= 15 is 0 Å². The molecular weight excluding hydrogens is 755 g/mol. The standard InChI is InChI=1S/C48H52N4O.Pd/c1-11-15-41-47(46-32(6)23-31(5)24-33(46)7)43(16-12-2)52(50-41)36-26-35(48(8,9)10)27-38(28-36)53-37-19-20-40-39-17-13-14-18-42(39)51(44(40)29-37)45-25-34(30(3)4)21-22-49-45;/h13-14,17-27,30H,11-12,15-16H2,1-10H3;/q-2;+2. The van der Waals surface area contributed by atoms with E-state index in [1.165, 1.54) is 39.1 Å². The molecule has 0 saturated heterocycles. The molecule has 0 spiro atoms. The summed E-state index contributed by atoms with van der Waals surface area (Å²) in [7, 11) is 0. The van der Waals surface area contributed by atoms with Crippen LogP contribution in [0.1, 0.15) is 106 Å². The van der Waals surface area contributed by atoms with Gasteiger partial charge >= 0.3 is 20.4 Å². The molecular formula is C48H52N4OPd. The molecule has 3 aromatic heterocycles. The fraction of sp³-hybridized carbons (Fsp3) is 0.333. The molecule has 0 saturated carbocycles. The molecule has 7 rings (SSSR count). The van der Waals surface area contributed by atoms with Crippen LogP contribution in [0.4, 0.5) is 0 Å². The van der Waals surface area contributed by atoms with Crippen LogP contribution in [0, 0.1) is 32.9 Å². The van der Waals surface area contributed by atoms with Gasteiger partial charge < -0.3 is 9.30 Å². The van der Waals surface area contributed by atoms with E-state index in [4.69, 9.17) is 14.8 Å². The molecule has 0 aliphatic carbocycles. The molecule has 3 heterocycles. The summed E-state index contributed by atoms with van der Waals surface area (Å²) in [5.41, 5.74) is 14.0. The Hall–Kier alpha value is -4.50. The molecule has 54 heavy (non-hydrogen) atoms. The van der Waals surface area contributed by atoms with Gasteiger partial charge in [0.25, 0.3) is 0 Å². The number of para-hydroxylation sites is 1. The molecule has 0 N–H and O–H groups in total. The third-order valence-electron chi connectivity index (χ3n) is 10.3. The van der Waals surface area contributed by atoms with Crippen LogP contribution in [0.5, 0.6) is 11.5 Å². The first kappa shape index (κ1) is 39.2.